The van der Waals surface area contributed by atoms with Crippen molar-refractivity contribution in [3.05, 3.63) is 59.7 Å². The van der Waals surface area contributed by atoms with Gasteiger partial charge in [-0.05, 0) is 30.3 Å². The Morgan fingerprint density at radius 2 is 1.73 bits per heavy atom. The molecule has 0 heterocycles. The van der Waals surface area contributed by atoms with Crippen LogP contribution in [0.5, 0.6) is 5.75 Å². The molecule has 0 unspecified atom stereocenters. The number of methoxy groups -OCH3 is 1. The van der Waals surface area contributed by atoms with Gasteiger partial charge in [0.05, 0.1) is 19.1 Å². The summed E-state index contributed by atoms with van der Waals surface area (Å²) in [7, 11) is 3.23. The molecule has 0 saturated heterocycles. The second-order valence-electron chi connectivity index (χ2n) is 4.79. The summed E-state index contributed by atoms with van der Waals surface area (Å²) in [5.41, 5.74) is 1.64. The van der Waals surface area contributed by atoms with Crippen molar-refractivity contribution in [3.63, 3.8) is 0 Å². The van der Waals surface area contributed by atoms with Gasteiger partial charge < -0.3 is 14.7 Å². The molecule has 0 saturated carbocycles. The highest BCUT2D eigenvalue weighted by molar-refractivity contribution is 5.95. The molecule has 0 aliphatic carbocycles. The van der Waals surface area contributed by atoms with Crippen LogP contribution in [0, 0.1) is 0 Å². The highest BCUT2D eigenvalue weighted by Crippen LogP contribution is 2.20. The van der Waals surface area contributed by atoms with Gasteiger partial charge in [-0.25, -0.2) is 4.79 Å². The van der Waals surface area contributed by atoms with E-state index >= 15 is 0 Å². The van der Waals surface area contributed by atoms with Gasteiger partial charge in [-0.15, -0.1) is 0 Å². The number of aromatic carboxylic acids is 1. The van der Waals surface area contributed by atoms with Gasteiger partial charge in [0, 0.05) is 18.3 Å². The average molecular weight is 299 g/mol. The first kappa shape index (κ1) is 15.6. The van der Waals surface area contributed by atoms with Crippen LogP contribution >= 0.6 is 0 Å². The summed E-state index contributed by atoms with van der Waals surface area (Å²) in [6.07, 6.45) is 0.210. The molecule has 22 heavy (non-hydrogen) atoms. The quantitative estimate of drug-likeness (QED) is 0.921. The van der Waals surface area contributed by atoms with Crippen LogP contribution in [-0.4, -0.2) is 31.1 Å². The number of amides is 1. The third-order valence-electron chi connectivity index (χ3n) is 3.41. The van der Waals surface area contributed by atoms with Gasteiger partial charge in [0.1, 0.15) is 5.75 Å². The zero-order chi connectivity index (χ0) is 16.1. The predicted molar refractivity (Wildman–Crippen MR) is 83.5 cm³/mol. The molecule has 0 spiro atoms. The zero-order valence-corrected chi connectivity index (χ0v) is 12.4. The van der Waals surface area contributed by atoms with Crippen molar-refractivity contribution < 1.29 is 19.4 Å². The largest absolute Gasteiger partial charge is 0.496 e. The standard InChI is InChI=1S/C17H17NO4/c1-18(14-9-7-12(8-10-14)17(20)21)16(19)11-13-5-3-4-6-15(13)22-2/h3-10H,11H2,1-2H3,(H,20,21). The van der Waals surface area contributed by atoms with E-state index in [9.17, 15) is 9.59 Å². The Hall–Kier alpha value is -2.82. The smallest absolute Gasteiger partial charge is 0.335 e. The summed E-state index contributed by atoms with van der Waals surface area (Å²) in [5.74, 6) is -0.424. The minimum absolute atomic E-state index is 0.104. The normalized spacial score (nSPS) is 10.1. The second kappa shape index (κ2) is 6.76. The maximum atomic E-state index is 12.4. The summed E-state index contributed by atoms with van der Waals surface area (Å²) in [6, 6.07) is 13.5. The SMILES string of the molecule is COc1ccccc1CC(=O)N(C)c1ccc(C(=O)O)cc1. The van der Waals surface area contributed by atoms with Gasteiger partial charge >= 0.3 is 5.97 Å². The van der Waals surface area contributed by atoms with Crippen molar-refractivity contribution in [2.24, 2.45) is 0 Å². The number of nitrogens with zero attached hydrogens (tertiary/aromatic N) is 1. The van der Waals surface area contributed by atoms with Crippen LogP contribution in [0.1, 0.15) is 15.9 Å². The van der Waals surface area contributed by atoms with Gasteiger partial charge in [-0.3, -0.25) is 4.79 Å². The fraction of sp³-hybridized carbons (Fsp3) is 0.176. The molecular weight excluding hydrogens is 282 g/mol. The minimum Gasteiger partial charge on any atom is -0.496 e. The molecule has 1 N–H and O–H groups in total. The molecule has 114 valence electrons. The van der Waals surface area contributed by atoms with Crippen LogP contribution in [0.15, 0.2) is 48.5 Å². The van der Waals surface area contributed by atoms with Crippen LogP contribution in [0.2, 0.25) is 0 Å². The lowest BCUT2D eigenvalue weighted by atomic mass is 10.1. The molecule has 2 aromatic rings. The summed E-state index contributed by atoms with van der Waals surface area (Å²) in [5, 5.41) is 8.88. The lowest BCUT2D eigenvalue weighted by Crippen LogP contribution is -2.28. The van der Waals surface area contributed by atoms with Crippen LogP contribution in [0.25, 0.3) is 0 Å². The van der Waals surface area contributed by atoms with Gasteiger partial charge in [-0.1, -0.05) is 18.2 Å². The Bertz CT molecular complexity index is 679. The van der Waals surface area contributed by atoms with Gasteiger partial charge in [0.15, 0.2) is 0 Å². The first-order chi connectivity index (χ1) is 10.5. The van der Waals surface area contributed by atoms with Gasteiger partial charge in [0.25, 0.3) is 0 Å². The van der Waals surface area contributed by atoms with E-state index in [0.717, 1.165) is 5.56 Å². The predicted octanol–water partition coefficient (Wildman–Crippen LogP) is 2.60. The molecule has 0 fully saturated rings. The molecule has 0 aromatic heterocycles. The van der Waals surface area contributed by atoms with Gasteiger partial charge in [-0.2, -0.15) is 0 Å². The van der Waals surface area contributed by atoms with Crippen LogP contribution in [0.4, 0.5) is 5.69 Å². The number of carboxylic acids is 1. The topological polar surface area (TPSA) is 66.8 Å². The molecule has 0 aliphatic rings. The monoisotopic (exact) mass is 299 g/mol. The van der Waals surface area contributed by atoms with Crippen molar-refractivity contribution in [1.82, 2.24) is 0 Å². The molecule has 2 rings (SSSR count). The number of likely N-dealkylation sites (N-methyl/N-ethyl adjacent to an activating group) is 1. The third-order valence-corrected chi connectivity index (χ3v) is 3.41. The van der Waals surface area contributed by atoms with Gasteiger partial charge in [0.2, 0.25) is 5.91 Å². The molecule has 0 bridgehead atoms. The van der Waals surface area contributed by atoms with Crippen molar-refractivity contribution in [2.75, 3.05) is 19.1 Å². The average Bonchev–Trinajstić information content (AvgIpc) is 2.54. The zero-order valence-electron chi connectivity index (χ0n) is 12.4. The van der Waals surface area contributed by atoms with Crippen molar-refractivity contribution in [2.45, 2.75) is 6.42 Å². The molecule has 2 aromatic carbocycles. The molecule has 5 nitrogen and oxygen atoms in total. The Balaban J connectivity index is 2.13. The fourth-order valence-corrected chi connectivity index (χ4v) is 2.10. The van der Waals surface area contributed by atoms with Crippen molar-refractivity contribution in [1.29, 1.82) is 0 Å². The number of carbonyl (C=O) groups is 2. The molecule has 0 aliphatic heterocycles. The lowest BCUT2D eigenvalue weighted by molar-refractivity contribution is -0.117. The number of hydrogen-bond donors (Lipinski definition) is 1. The van der Waals surface area contributed by atoms with E-state index in [1.807, 2.05) is 24.3 Å². The number of ether oxygens (including phenoxy) is 1. The van der Waals surface area contributed by atoms with E-state index in [1.165, 1.54) is 17.0 Å². The Kier molecular flexibility index (Phi) is 4.78. The van der Waals surface area contributed by atoms with E-state index in [4.69, 9.17) is 9.84 Å². The molecule has 0 atom stereocenters. The summed E-state index contributed by atoms with van der Waals surface area (Å²) in [4.78, 5) is 24.7. The van der Waals surface area contributed by atoms with Crippen molar-refractivity contribution in [3.8, 4) is 5.75 Å². The highest BCUT2D eigenvalue weighted by atomic mass is 16.5. The number of anilines is 1. The van der Waals surface area contributed by atoms with E-state index in [0.29, 0.717) is 11.4 Å². The lowest BCUT2D eigenvalue weighted by Gasteiger charge is -2.18. The maximum Gasteiger partial charge on any atom is 0.335 e. The van der Waals surface area contributed by atoms with Crippen LogP contribution in [0.3, 0.4) is 0 Å². The summed E-state index contributed by atoms with van der Waals surface area (Å²) in [6.45, 7) is 0. The molecular formula is C17H17NO4. The summed E-state index contributed by atoms with van der Waals surface area (Å²) < 4.78 is 5.24. The number of para-hydroxylation sites is 1. The number of carbonyl (C=O) groups excluding carboxylic acids is 1. The molecule has 5 heteroatoms. The van der Waals surface area contributed by atoms with E-state index in [2.05, 4.69) is 0 Å². The molecule has 0 radical (unpaired) electrons. The number of hydrogen-bond acceptors (Lipinski definition) is 3. The van der Waals surface area contributed by atoms with E-state index in [-0.39, 0.29) is 17.9 Å². The van der Waals surface area contributed by atoms with E-state index in [1.54, 1.807) is 26.3 Å². The number of rotatable bonds is 5. The summed E-state index contributed by atoms with van der Waals surface area (Å²) >= 11 is 0. The number of carboxylic acid groups (broad SMARTS) is 1. The van der Waals surface area contributed by atoms with Crippen LogP contribution < -0.4 is 9.64 Å². The van der Waals surface area contributed by atoms with Crippen molar-refractivity contribution >= 4 is 17.6 Å². The van der Waals surface area contributed by atoms with Crippen LogP contribution in [-0.2, 0) is 11.2 Å². The first-order valence-electron chi connectivity index (χ1n) is 6.74. The minimum atomic E-state index is -0.991. The maximum absolute atomic E-state index is 12.4. The third kappa shape index (κ3) is 3.44. The second-order valence-corrected chi connectivity index (χ2v) is 4.79. The molecule has 1 amide bonds. The fourth-order valence-electron chi connectivity index (χ4n) is 2.10. The first-order valence-corrected chi connectivity index (χ1v) is 6.74. The Morgan fingerprint density at radius 1 is 1.09 bits per heavy atom. The Labute approximate surface area is 128 Å². The highest BCUT2D eigenvalue weighted by Gasteiger charge is 2.14. The number of benzene rings is 2. The Morgan fingerprint density at radius 3 is 2.32 bits per heavy atom. The van der Waals surface area contributed by atoms with E-state index < -0.39 is 5.97 Å².